The molecule has 12 heteroatoms. The highest BCUT2D eigenvalue weighted by Crippen LogP contribution is 2.55. The molecule has 0 saturated carbocycles. The van der Waals surface area contributed by atoms with Crippen molar-refractivity contribution in [3.8, 4) is 0 Å². The molecule has 3 amide bonds. The van der Waals surface area contributed by atoms with Gasteiger partial charge in [-0.25, -0.2) is 4.79 Å². The van der Waals surface area contributed by atoms with E-state index in [0.29, 0.717) is 12.8 Å². The zero-order valence-corrected chi connectivity index (χ0v) is 22.7. The Morgan fingerprint density at radius 3 is 2.33 bits per heavy atom. The number of nitrogens with one attached hydrogen (secondary N) is 3. The number of ether oxygens (including phenoxy) is 1. The van der Waals surface area contributed by atoms with E-state index in [1.54, 1.807) is 18.7 Å². The highest BCUT2D eigenvalue weighted by Gasteiger charge is 2.74. The molecule has 3 fully saturated rings. The lowest BCUT2D eigenvalue weighted by atomic mass is 9.55. The highest BCUT2D eigenvalue weighted by atomic mass is 32.2. The van der Waals surface area contributed by atoms with Gasteiger partial charge in [0.15, 0.2) is 0 Å². The molecule has 11 nitrogen and oxygen atoms in total. The minimum atomic E-state index is -2.01. The first kappa shape index (κ1) is 29.0. The minimum absolute atomic E-state index is 0.0237. The Balaban J connectivity index is 1.83. The molecule has 0 aromatic carbocycles. The third-order valence-electron chi connectivity index (χ3n) is 9.15. The van der Waals surface area contributed by atoms with Crippen molar-refractivity contribution < 1.29 is 39.5 Å². The minimum Gasteiger partial charge on any atom is -0.481 e. The standard InChI is InChI=1S/C24H41N3O8S/c1-13(29)27-22(4)20(2,35-21(3,12-28)23(5,33)24(22,6)34)10-14(18(30)31)8-7-9-16-17-15(11-36-16)25-19(32)26-17/h14-17,28,33-34H,7-12H2,1-6H3,(H,27,29)(H,30,31)(H2,25,26,32)/t14?,15-,16?,17-,20+,21?,22?,23+,24?/m0/s1. The number of urea groups is 1. The number of carbonyl (C=O) groups is 3. The van der Waals surface area contributed by atoms with Crippen LogP contribution in [0.4, 0.5) is 4.79 Å². The first-order valence-corrected chi connectivity index (χ1v) is 13.5. The molecule has 5 unspecified atom stereocenters. The number of aliphatic carboxylic acids is 1. The van der Waals surface area contributed by atoms with Crippen LogP contribution in [0.5, 0.6) is 0 Å². The van der Waals surface area contributed by atoms with Gasteiger partial charge in [-0.05, 0) is 53.9 Å². The zero-order chi connectivity index (χ0) is 27.3. The zero-order valence-electron chi connectivity index (χ0n) is 21.9. The molecule has 3 aliphatic rings. The number of amides is 3. The van der Waals surface area contributed by atoms with Crippen LogP contribution in [0.2, 0.25) is 0 Å². The Bertz CT molecular complexity index is 901. The van der Waals surface area contributed by atoms with Crippen LogP contribution in [0, 0.1) is 5.92 Å². The second kappa shape index (κ2) is 9.61. The Labute approximate surface area is 216 Å². The lowest BCUT2D eigenvalue weighted by Gasteiger charge is -2.68. The van der Waals surface area contributed by atoms with E-state index >= 15 is 0 Å². The fourth-order valence-electron chi connectivity index (χ4n) is 6.24. The predicted molar refractivity (Wildman–Crippen MR) is 134 cm³/mol. The van der Waals surface area contributed by atoms with E-state index in [0.717, 1.165) is 12.2 Å². The van der Waals surface area contributed by atoms with Crippen molar-refractivity contribution in [2.45, 2.75) is 113 Å². The summed E-state index contributed by atoms with van der Waals surface area (Å²) in [5.41, 5.74) is -8.73. The molecule has 0 aliphatic carbocycles. The first-order valence-electron chi connectivity index (χ1n) is 12.4. The normalized spacial score (nSPS) is 44.9. The number of carboxylic acid groups (broad SMARTS) is 1. The van der Waals surface area contributed by atoms with Crippen molar-refractivity contribution in [2.75, 3.05) is 12.4 Å². The average molecular weight is 532 g/mol. The van der Waals surface area contributed by atoms with Gasteiger partial charge in [-0.2, -0.15) is 11.8 Å². The summed E-state index contributed by atoms with van der Waals surface area (Å²) in [5.74, 6) is -1.60. The van der Waals surface area contributed by atoms with Gasteiger partial charge in [0.1, 0.15) is 16.8 Å². The maximum absolute atomic E-state index is 12.3. The van der Waals surface area contributed by atoms with Gasteiger partial charge in [-0.3, -0.25) is 9.59 Å². The number of thioether (sulfide) groups is 1. The number of hydrogen-bond donors (Lipinski definition) is 7. The molecule has 206 valence electrons. The van der Waals surface area contributed by atoms with Crippen LogP contribution in [0.25, 0.3) is 0 Å². The van der Waals surface area contributed by atoms with Gasteiger partial charge in [0.25, 0.3) is 0 Å². The van der Waals surface area contributed by atoms with Crippen LogP contribution in [0.1, 0.15) is 67.2 Å². The average Bonchev–Trinajstić information content (AvgIpc) is 3.30. The lowest BCUT2D eigenvalue weighted by Crippen LogP contribution is -2.88. The summed E-state index contributed by atoms with van der Waals surface area (Å²) in [6.45, 7) is 7.93. The Hall–Kier alpha value is -1.60. The van der Waals surface area contributed by atoms with E-state index in [2.05, 4.69) is 16.0 Å². The summed E-state index contributed by atoms with van der Waals surface area (Å²) in [7, 11) is 0. The molecule has 0 spiro atoms. The number of fused-ring (bicyclic) bond motifs is 1. The van der Waals surface area contributed by atoms with Crippen molar-refractivity contribution in [3.63, 3.8) is 0 Å². The van der Waals surface area contributed by atoms with Crippen molar-refractivity contribution in [1.29, 1.82) is 0 Å². The monoisotopic (exact) mass is 531 g/mol. The van der Waals surface area contributed by atoms with E-state index in [9.17, 15) is 34.8 Å². The fourth-order valence-corrected chi connectivity index (χ4v) is 7.79. The summed E-state index contributed by atoms with van der Waals surface area (Å²) in [6, 6.07) is -0.0642. The summed E-state index contributed by atoms with van der Waals surface area (Å²) in [5, 5.41) is 52.1. The van der Waals surface area contributed by atoms with Gasteiger partial charge in [-0.1, -0.05) is 6.42 Å². The van der Waals surface area contributed by atoms with Gasteiger partial charge in [0.05, 0.1) is 35.7 Å². The maximum Gasteiger partial charge on any atom is 0.315 e. The molecule has 3 saturated heterocycles. The van der Waals surface area contributed by atoms with Gasteiger partial charge in [-0.15, -0.1) is 0 Å². The van der Waals surface area contributed by atoms with Crippen molar-refractivity contribution in [3.05, 3.63) is 0 Å². The maximum atomic E-state index is 12.3. The fraction of sp³-hybridized carbons (Fsp3) is 0.875. The summed E-state index contributed by atoms with van der Waals surface area (Å²) >= 11 is 1.75. The van der Waals surface area contributed by atoms with E-state index < -0.39 is 52.3 Å². The molecule has 3 aliphatic heterocycles. The molecule has 0 radical (unpaired) electrons. The van der Waals surface area contributed by atoms with Crippen LogP contribution >= 0.6 is 11.8 Å². The number of rotatable bonds is 9. The number of aliphatic hydroxyl groups is 3. The predicted octanol–water partition coefficient (Wildman–Crippen LogP) is 0.350. The summed E-state index contributed by atoms with van der Waals surface area (Å²) < 4.78 is 6.31. The smallest absolute Gasteiger partial charge is 0.315 e. The molecule has 36 heavy (non-hydrogen) atoms. The van der Waals surface area contributed by atoms with Crippen molar-refractivity contribution >= 4 is 29.7 Å². The number of aliphatic hydroxyl groups excluding tert-OH is 1. The van der Waals surface area contributed by atoms with E-state index in [1.165, 1.54) is 34.6 Å². The third-order valence-corrected chi connectivity index (χ3v) is 10.7. The van der Waals surface area contributed by atoms with Crippen LogP contribution < -0.4 is 16.0 Å². The highest BCUT2D eigenvalue weighted by molar-refractivity contribution is 8.00. The second-order valence-corrected chi connectivity index (χ2v) is 12.7. The first-order chi connectivity index (χ1) is 16.4. The topological polar surface area (TPSA) is 177 Å². The molecule has 9 atom stereocenters. The third kappa shape index (κ3) is 4.48. The molecule has 7 N–H and O–H groups in total. The largest absolute Gasteiger partial charge is 0.481 e. The Kier molecular flexibility index (Phi) is 7.73. The lowest BCUT2D eigenvalue weighted by molar-refractivity contribution is -0.370. The molecule has 0 aromatic heterocycles. The summed E-state index contributed by atoms with van der Waals surface area (Å²) in [6.07, 6.45) is 1.54. The second-order valence-electron chi connectivity index (χ2n) is 11.5. The number of carboxylic acids is 1. The van der Waals surface area contributed by atoms with Crippen LogP contribution in [0.15, 0.2) is 0 Å². The van der Waals surface area contributed by atoms with Crippen LogP contribution in [-0.4, -0.2) is 96.0 Å². The quantitative estimate of drug-likeness (QED) is 0.207. The number of carbonyl (C=O) groups excluding carboxylic acids is 2. The molecular formula is C24H41N3O8S. The number of hydrogen-bond acceptors (Lipinski definition) is 8. The Morgan fingerprint density at radius 1 is 1.14 bits per heavy atom. The Morgan fingerprint density at radius 2 is 1.78 bits per heavy atom. The molecule has 3 rings (SSSR count). The van der Waals surface area contributed by atoms with E-state index in [-0.39, 0.29) is 29.8 Å². The SMILES string of the molecule is CC(=O)NC1(C)C(C)(O)[C@](C)(O)C(C)(CO)O[C@]1(C)CC(CCCC1SC[C@@H]2NC(=O)N[C@H]12)C(=O)O. The van der Waals surface area contributed by atoms with Gasteiger partial charge < -0.3 is 41.1 Å². The van der Waals surface area contributed by atoms with Gasteiger partial charge in [0, 0.05) is 17.9 Å². The van der Waals surface area contributed by atoms with Gasteiger partial charge >= 0.3 is 12.0 Å². The van der Waals surface area contributed by atoms with Gasteiger partial charge in [0.2, 0.25) is 5.91 Å². The molecule has 3 heterocycles. The molecule has 0 bridgehead atoms. The summed E-state index contributed by atoms with van der Waals surface area (Å²) in [4.78, 5) is 36.2. The van der Waals surface area contributed by atoms with E-state index in [4.69, 9.17) is 4.74 Å². The van der Waals surface area contributed by atoms with E-state index in [1.807, 2.05) is 0 Å². The van der Waals surface area contributed by atoms with Crippen molar-refractivity contribution in [1.82, 2.24) is 16.0 Å². The molecule has 0 aromatic rings. The van der Waals surface area contributed by atoms with Crippen molar-refractivity contribution in [2.24, 2.45) is 5.92 Å². The van der Waals surface area contributed by atoms with Crippen LogP contribution in [0.3, 0.4) is 0 Å². The van der Waals surface area contributed by atoms with Crippen LogP contribution in [-0.2, 0) is 14.3 Å². The molecular weight excluding hydrogens is 490 g/mol.